The van der Waals surface area contributed by atoms with E-state index in [1.807, 2.05) is 37.3 Å². The molecule has 2 heterocycles. The van der Waals surface area contributed by atoms with Gasteiger partial charge in [0, 0.05) is 24.2 Å². The normalized spacial score (nSPS) is 10.7. The summed E-state index contributed by atoms with van der Waals surface area (Å²) in [6, 6.07) is 9.72. The Hall–Kier alpha value is -2.62. The first-order valence-corrected chi connectivity index (χ1v) is 6.38. The van der Waals surface area contributed by atoms with Crippen molar-refractivity contribution >= 4 is 16.7 Å². The molecule has 0 radical (unpaired) electrons. The molecule has 98 valence electrons. The number of hydrogen-bond donors (Lipinski definition) is 0. The van der Waals surface area contributed by atoms with E-state index in [1.165, 1.54) is 6.20 Å². The number of rotatable bonds is 3. The molecule has 0 fully saturated rings. The number of nitrogens with zero attached hydrogens (tertiary/aromatic N) is 3. The van der Waals surface area contributed by atoms with E-state index in [0.29, 0.717) is 12.1 Å². The minimum absolute atomic E-state index is 0.0271. The van der Waals surface area contributed by atoms with Gasteiger partial charge in [0.15, 0.2) is 5.78 Å². The van der Waals surface area contributed by atoms with Crippen LogP contribution in [0.1, 0.15) is 21.7 Å². The quantitative estimate of drug-likeness (QED) is 0.682. The zero-order valence-electron chi connectivity index (χ0n) is 11.1. The highest BCUT2D eigenvalue weighted by Gasteiger charge is 2.09. The summed E-state index contributed by atoms with van der Waals surface area (Å²) >= 11 is 0. The van der Waals surface area contributed by atoms with Crippen LogP contribution in [-0.4, -0.2) is 20.7 Å². The van der Waals surface area contributed by atoms with Crippen LogP contribution in [0.4, 0.5) is 0 Å². The average Bonchev–Trinajstić information content (AvgIpc) is 2.48. The van der Waals surface area contributed by atoms with Crippen molar-refractivity contribution in [1.82, 2.24) is 15.0 Å². The first kappa shape index (κ1) is 12.4. The van der Waals surface area contributed by atoms with Crippen molar-refractivity contribution in [2.75, 3.05) is 0 Å². The van der Waals surface area contributed by atoms with Crippen LogP contribution in [0.5, 0.6) is 0 Å². The minimum Gasteiger partial charge on any atom is -0.292 e. The van der Waals surface area contributed by atoms with Crippen LogP contribution < -0.4 is 0 Å². The maximum atomic E-state index is 12.1. The Morgan fingerprint density at radius 3 is 2.80 bits per heavy atom. The number of aromatic nitrogens is 3. The van der Waals surface area contributed by atoms with Gasteiger partial charge in [-0.2, -0.15) is 0 Å². The third-order valence-electron chi connectivity index (χ3n) is 3.10. The minimum atomic E-state index is -0.0271. The summed E-state index contributed by atoms with van der Waals surface area (Å²) in [5.41, 5.74) is 3.09. The van der Waals surface area contributed by atoms with E-state index in [4.69, 9.17) is 0 Å². The topological polar surface area (TPSA) is 55.7 Å². The van der Waals surface area contributed by atoms with Gasteiger partial charge in [0.1, 0.15) is 5.69 Å². The first-order valence-electron chi connectivity index (χ1n) is 6.38. The Bertz CT molecular complexity index is 766. The molecule has 20 heavy (non-hydrogen) atoms. The van der Waals surface area contributed by atoms with Crippen LogP contribution >= 0.6 is 0 Å². The molecule has 0 aliphatic heterocycles. The van der Waals surface area contributed by atoms with Crippen molar-refractivity contribution < 1.29 is 4.79 Å². The van der Waals surface area contributed by atoms with E-state index in [-0.39, 0.29) is 5.78 Å². The zero-order chi connectivity index (χ0) is 13.9. The van der Waals surface area contributed by atoms with Gasteiger partial charge in [-0.05, 0) is 30.7 Å². The molecule has 3 aromatic rings. The van der Waals surface area contributed by atoms with Crippen molar-refractivity contribution in [2.24, 2.45) is 0 Å². The Labute approximate surface area is 116 Å². The largest absolute Gasteiger partial charge is 0.292 e. The Kier molecular flexibility index (Phi) is 3.21. The molecule has 0 bridgehead atoms. The summed E-state index contributed by atoms with van der Waals surface area (Å²) < 4.78 is 0. The Morgan fingerprint density at radius 1 is 1.10 bits per heavy atom. The maximum absolute atomic E-state index is 12.1. The zero-order valence-corrected chi connectivity index (χ0v) is 11.1. The molecule has 4 nitrogen and oxygen atoms in total. The lowest BCUT2D eigenvalue weighted by atomic mass is 10.0. The highest BCUT2D eigenvalue weighted by molar-refractivity contribution is 5.96. The van der Waals surface area contributed by atoms with Gasteiger partial charge in [0.05, 0.1) is 17.4 Å². The molecule has 0 spiro atoms. The van der Waals surface area contributed by atoms with Gasteiger partial charge in [0.2, 0.25) is 0 Å². The Balaban J connectivity index is 1.85. The predicted octanol–water partition coefficient (Wildman–Crippen LogP) is 2.76. The van der Waals surface area contributed by atoms with Gasteiger partial charge in [-0.25, -0.2) is 4.98 Å². The summed E-state index contributed by atoms with van der Waals surface area (Å²) in [5, 5.41) is 1.03. The van der Waals surface area contributed by atoms with Crippen LogP contribution in [0.3, 0.4) is 0 Å². The second-order valence-electron chi connectivity index (χ2n) is 4.67. The van der Waals surface area contributed by atoms with Gasteiger partial charge in [-0.15, -0.1) is 0 Å². The van der Waals surface area contributed by atoms with E-state index in [9.17, 15) is 4.79 Å². The van der Waals surface area contributed by atoms with E-state index < -0.39 is 0 Å². The lowest BCUT2D eigenvalue weighted by Crippen LogP contribution is -2.06. The molecule has 0 unspecified atom stereocenters. The van der Waals surface area contributed by atoms with Crippen molar-refractivity contribution in [2.45, 2.75) is 13.3 Å². The molecule has 0 saturated heterocycles. The van der Waals surface area contributed by atoms with Gasteiger partial charge in [-0.1, -0.05) is 12.1 Å². The van der Waals surface area contributed by atoms with Gasteiger partial charge >= 0.3 is 0 Å². The number of pyridine rings is 1. The number of Topliss-reactive ketones (excluding diaryl/α,β-unsaturated/α-hetero) is 1. The molecule has 2 aromatic heterocycles. The van der Waals surface area contributed by atoms with Gasteiger partial charge < -0.3 is 0 Å². The van der Waals surface area contributed by atoms with Crippen molar-refractivity contribution in [1.29, 1.82) is 0 Å². The lowest BCUT2D eigenvalue weighted by molar-refractivity contribution is 0.0988. The third-order valence-corrected chi connectivity index (χ3v) is 3.10. The van der Waals surface area contributed by atoms with Crippen LogP contribution in [-0.2, 0) is 6.42 Å². The average molecular weight is 263 g/mol. The van der Waals surface area contributed by atoms with Gasteiger partial charge in [-0.3, -0.25) is 14.8 Å². The summed E-state index contributed by atoms with van der Waals surface area (Å²) in [6.45, 7) is 1.84. The number of hydrogen-bond acceptors (Lipinski definition) is 4. The monoisotopic (exact) mass is 263 g/mol. The van der Waals surface area contributed by atoms with Crippen LogP contribution in [0.25, 0.3) is 10.9 Å². The number of benzene rings is 1. The van der Waals surface area contributed by atoms with E-state index >= 15 is 0 Å². The summed E-state index contributed by atoms with van der Waals surface area (Å²) in [6.07, 6.45) is 5.22. The van der Waals surface area contributed by atoms with E-state index in [2.05, 4.69) is 15.0 Å². The van der Waals surface area contributed by atoms with Crippen molar-refractivity contribution in [3.8, 4) is 0 Å². The number of carbonyl (C=O) groups excluding carboxylic acids is 1. The molecule has 0 aliphatic rings. The SMILES string of the molecule is Cc1cnc(C(=O)Cc2ccc3ncccc3c2)cn1. The second-order valence-corrected chi connectivity index (χ2v) is 4.67. The molecule has 0 saturated carbocycles. The number of ketones is 1. The van der Waals surface area contributed by atoms with Crippen LogP contribution in [0.2, 0.25) is 0 Å². The number of aryl methyl sites for hydroxylation is 1. The summed E-state index contributed by atoms with van der Waals surface area (Å²) in [7, 11) is 0. The number of fused-ring (bicyclic) bond motifs is 1. The molecule has 0 aliphatic carbocycles. The number of carbonyl (C=O) groups is 1. The smallest absolute Gasteiger partial charge is 0.187 e. The Morgan fingerprint density at radius 2 is 2.00 bits per heavy atom. The van der Waals surface area contributed by atoms with Crippen LogP contribution in [0, 0.1) is 6.92 Å². The highest BCUT2D eigenvalue weighted by Crippen LogP contribution is 2.14. The molecule has 4 heteroatoms. The fourth-order valence-corrected chi connectivity index (χ4v) is 2.05. The van der Waals surface area contributed by atoms with E-state index in [0.717, 1.165) is 22.2 Å². The molecule has 0 N–H and O–H groups in total. The van der Waals surface area contributed by atoms with Crippen molar-refractivity contribution in [3.05, 3.63) is 65.9 Å². The lowest BCUT2D eigenvalue weighted by Gasteiger charge is -2.03. The molecule has 0 amide bonds. The molecular formula is C16H13N3O. The molecule has 3 rings (SSSR count). The van der Waals surface area contributed by atoms with Crippen molar-refractivity contribution in [3.63, 3.8) is 0 Å². The second kappa shape index (κ2) is 5.17. The van der Waals surface area contributed by atoms with Gasteiger partial charge in [0.25, 0.3) is 0 Å². The standard InChI is InChI=1S/C16H13N3O/c1-11-9-19-15(10-18-11)16(20)8-12-4-5-14-13(7-12)3-2-6-17-14/h2-7,9-10H,8H2,1H3. The highest BCUT2D eigenvalue weighted by atomic mass is 16.1. The maximum Gasteiger partial charge on any atom is 0.187 e. The molecule has 1 aromatic carbocycles. The van der Waals surface area contributed by atoms with Crippen LogP contribution in [0.15, 0.2) is 48.9 Å². The fraction of sp³-hybridized carbons (Fsp3) is 0.125. The third kappa shape index (κ3) is 2.54. The first-order chi connectivity index (χ1) is 9.72. The summed E-state index contributed by atoms with van der Waals surface area (Å²) in [4.78, 5) is 24.6. The molecule has 0 atom stereocenters. The predicted molar refractivity (Wildman–Crippen MR) is 76.5 cm³/mol. The summed E-state index contributed by atoms with van der Waals surface area (Å²) in [5.74, 6) is -0.0271. The molecular weight excluding hydrogens is 250 g/mol. The fourth-order valence-electron chi connectivity index (χ4n) is 2.05. The van der Waals surface area contributed by atoms with E-state index in [1.54, 1.807) is 12.4 Å².